The van der Waals surface area contributed by atoms with E-state index in [0.717, 1.165) is 26.3 Å². The first-order valence-corrected chi connectivity index (χ1v) is 9.23. The first-order chi connectivity index (χ1) is 12.3. The minimum absolute atomic E-state index is 0.159. The van der Waals surface area contributed by atoms with Crippen LogP contribution in [0.5, 0.6) is 5.75 Å². The molecule has 1 atom stereocenters. The molecule has 1 saturated heterocycles. The van der Waals surface area contributed by atoms with Crippen LogP contribution in [-0.2, 0) is 4.74 Å². The van der Waals surface area contributed by atoms with Crippen molar-refractivity contribution >= 4 is 23.1 Å². The maximum Gasteiger partial charge on any atom is 0.319 e. The number of ether oxygens (including phenoxy) is 2. The number of nitrogens with zero attached hydrogens (tertiary/aromatic N) is 1. The van der Waals surface area contributed by atoms with Crippen LogP contribution in [0.1, 0.15) is 11.6 Å². The molecule has 1 aliphatic heterocycles. The number of methoxy groups -OCH3 is 1. The number of thiophene rings is 1. The molecule has 0 saturated carbocycles. The summed E-state index contributed by atoms with van der Waals surface area (Å²) in [6, 6.07) is 9.36. The number of anilines is 1. The third-order valence-corrected chi connectivity index (χ3v) is 4.90. The molecule has 1 fully saturated rings. The standard InChI is InChI=1S/C18H23N3O3S/c1-23-16-4-2-3-15(11-16)20-18(22)19-12-17(14-5-10-25-13-14)21-6-8-24-9-7-21/h2-5,10-11,13,17H,6-9,12H2,1H3,(H2,19,20,22)/t17-/m1/s1. The summed E-state index contributed by atoms with van der Waals surface area (Å²) in [6.45, 7) is 3.76. The van der Waals surface area contributed by atoms with Gasteiger partial charge in [0.2, 0.25) is 0 Å². The van der Waals surface area contributed by atoms with Crippen LogP contribution in [0, 0.1) is 0 Å². The Labute approximate surface area is 151 Å². The summed E-state index contributed by atoms with van der Waals surface area (Å²) in [7, 11) is 1.60. The Kier molecular flexibility index (Phi) is 6.27. The van der Waals surface area contributed by atoms with Gasteiger partial charge in [0.15, 0.2) is 0 Å². The van der Waals surface area contributed by atoms with Gasteiger partial charge in [-0.2, -0.15) is 11.3 Å². The third kappa shape index (κ3) is 4.94. The zero-order valence-corrected chi connectivity index (χ0v) is 15.1. The molecule has 2 aromatic rings. The highest BCUT2D eigenvalue weighted by molar-refractivity contribution is 7.07. The summed E-state index contributed by atoms with van der Waals surface area (Å²) in [5, 5.41) is 10.0. The maximum absolute atomic E-state index is 12.3. The lowest BCUT2D eigenvalue weighted by Crippen LogP contribution is -2.44. The Hall–Kier alpha value is -2.09. The molecule has 7 heteroatoms. The Bertz CT molecular complexity index is 672. The molecular formula is C18H23N3O3S. The predicted molar refractivity (Wildman–Crippen MR) is 99.5 cm³/mol. The summed E-state index contributed by atoms with van der Waals surface area (Å²) < 4.78 is 10.6. The van der Waals surface area contributed by atoms with Gasteiger partial charge in [0, 0.05) is 31.4 Å². The molecule has 0 radical (unpaired) electrons. The summed E-state index contributed by atoms with van der Waals surface area (Å²) in [5.41, 5.74) is 1.93. The molecule has 1 aliphatic rings. The molecule has 0 aliphatic carbocycles. The van der Waals surface area contributed by atoms with E-state index in [0.29, 0.717) is 18.0 Å². The van der Waals surface area contributed by atoms with Crippen molar-refractivity contribution < 1.29 is 14.3 Å². The molecule has 134 valence electrons. The minimum atomic E-state index is -0.221. The van der Waals surface area contributed by atoms with Crippen LogP contribution >= 0.6 is 11.3 Å². The average molecular weight is 361 g/mol. The predicted octanol–water partition coefficient (Wildman–Crippen LogP) is 2.95. The van der Waals surface area contributed by atoms with Crippen LogP contribution in [0.15, 0.2) is 41.1 Å². The Balaban J connectivity index is 1.59. The van der Waals surface area contributed by atoms with Crippen LogP contribution < -0.4 is 15.4 Å². The van der Waals surface area contributed by atoms with Gasteiger partial charge in [0.05, 0.1) is 26.4 Å². The molecule has 3 rings (SSSR count). The molecule has 2 heterocycles. The molecule has 2 amide bonds. The number of amides is 2. The monoisotopic (exact) mass is 361 g/mol. The second kappa shape index (κ2) is 8.84. The van der Waals surface area contributed by atoms with E-state index in [2.05, 4.69) is 32.4 Å². The van der Waals surface area contributed by atoms with Gasteiger partial charge in [-0.05, 0) is 34.5 Å². The van der Waals surface area contributed by atoms with Gasteiger partial charge in [-0.3, -0.25) is 4.90 Å². The van der Waals surface area contributed by atoms with Crippen molar-refractivity contribution in [1.29, 1.82) is 0 Å². The highest BCUT2D eigenvalue weighted by Gasteiger charge is 2.23. The summed E-state index contributed by atoms with van der Waals surface area (Å²) in [5.74, 6) is 0.710. The van der Waals surface area contributed by atoms with Gasteiger partial charge >= 0.3 is 6.03 Å². The normalized spacial score (nSPS) is 16.2. The van der Waals surface area contributed by atoms with Gasteiger partial charge in [0.1, 0.15) is 5.75 Å². The van der Waals surface area contributed by atoms with Crippen molar-refractivity contribution in [3.63, 3.8) is 0 Å². The number of urea groups is 1. The number of hydrogen-bond donors (Lipinski definition) is 2. The van der Waals surface area contributed by atoms with Crippen LogP contribution in [0.2, 0.25) is 0 Å². The topological polar surface area (TPSA) is 62.8 Å². The molecule has 0 bridgehead atoms. The number of carbonyl (C=O) groups excluding carboxylic acids is 1. The molecule has 25 heavy (non-hydrogen) atoms. The number of morpholine rings is 1. The Morgan fingerprint density at radius 3 is 2.92 bits per heavy atom. The van der Waals surface area contributed by atoms with Gasteiger partial charge in [-0.1, -0.05) is 6.07 Å². The zero-order chi connectivity index (χ0) is 17.5. The molecule has 2 N–H and O–H groups in total. The number of nitrogens with one attached hydrogen (secondary N) is 2. The molecule has 1 aromatic heterocycles. The van der Waals surface area contributed by atoms with Crippen molar-refractivity contribution in [2.24, 2.45) is 0 Å². The van der Waals surface area contributed by atoms with Crippen molar-refractivity contribution in [3.05, 3.63) is 46.7 Å². The van der Waals surface area contributed by atoms with E-state index in [1.165, 1.54) is 5.56 Å². The van der Waals surface area contributed by atoms with Crippen LogP contribution in [0.25, 0.3) is 0 Å². The number of carbonyl (C=O) groups is 1. The van der Waals surface area contributed by atoms with Crippen molar-refractivity contribution in [2.45, 2.75) is 6.04 Å². The first-order valence-electron chi connectivity index (χ1n) is 8.29. The number of benzene rings is 1. The first kappa shape index (κ1) is 17.7. The van der Waals surface area contributed by atoms with E-state index in [1.807, 2.05) is 18.2 Å². The highest BCUT2D eigenvalue weighted by Crippen LogP contribution is 2.23. The largest absolute Gasteiger partial charge is 0.497 e. The lowest BCUT2D eigenvalue weighted by molar-refractivity contribution is 0.0168. The van der Waals surface area contributed by atoms with Crippen LogP contribution in [0.3, 0.4) is 0 Å². The van der Waals surface area contributed by atoms with E-state index >= 15 is 0 Å². The number of rotatable bonds is 6. The lowest BCUT2D eigenvalue weighted by atomic mass is 10.1. The molecule has 1 aromatic carbocycles. The van der Waals surface area contributed by atoms with Gasteiger partial charge in [-0.15, -0.1) is 0 Å². The Morgan fingerprint density at radius 2 is 2.20 bits per heavy atom. The average Bonchev–Trinajstić information content (AvgIpc) is 3.17. The van der Waals surface area contributed by atoms with Gasteiger partial charge < -0.3 is 20.1 Å². The summed E-state index contributed by atoms with van der Waals surface area (Å²) in [6.07, 6.45) is 0. The van der Waals surface area contributed by atoms with Gasteiger partial charge in [-0.25, -0.2) is 4.79 Å². The number of hydrogen-bond acceptors (Lipinski definition) is 5. The van der Waals surface area contributed by atoms with Crippen LogP contribution in [0.4, 0.5) is 10.5 Å². The smallest absolute Gasteiger partial charge is 0.319 e. The lowest BCUT2D eigenvalue weighted by Gasteiger charge is -2.34. The second-order valence-electron chi connectivity index (χ2n) is 5.79. The fourth-order valence-electron chi connectivity index (χ4n) is 2.88. The molecule has 0 spiro atoms. The second-order valence-corrected chi connectivity index (χ2v) is 6.57. The minimum Gasteiger partial charge on any atom is -0.497 e. The molecule has 6 nitrogen and oxygen atoms in total. The van der Waals surface area contributed by atoms with Crippen molar-refractivity contribution in [2.75, 3.05) is 45.3 Å². The van der Waals surface area contributed by atoms with E-state index in [9.17, 15) is 4.79 Å². The summed E-state index contributed by atoms with van der Waals surface area (Å²) in [4.78, 5) is 14.6. The quantitative estimate of drug-likeness (QED) is 0.830. The van der Waals surface area contributed by atoms with Crippen LogP contribution in [-0.4, -0.2) is 50.9 Å². The van der Waals surface area contributed by atoms with E-state index < -0.39 is 0 Å². The van der Waals surface area contributed by atoms with Crippen molar-refractivity contribution in [1.82, 2.24) is 10.2 Å². The fraction of sp³-hybridized carbons (Fsp3) is 0.389. The highest BCUT2D eigenvalue weighted by atomic mass is 32.1. The Morgan fingerprint density at radius 1 is 1.36 bits per heavy atom. The molecular weight excluding hydrogens is 338 g/mol. The van der Waals surface area contributed by atoms with E-state index in [4.69, 9.17) is 9.47 Å². The third-order valence-electron chi connectivity index (χ3n) is 4.20. The molecule has 0 unspecified atom stereocenters. The van der Waals surface area contributed by atoms with Gasteiger partial charge in [0.25, 0.3) is 0 Å². The van der Waals surface area contributed by atoms with Crippen molar-refractivity contribution in [3.8, 4) is 5.75 Å². The summed E-state index contributed by atoms with van der Waals surface area (Å²) >= 11 is 1.67. The van der Waals surface area contributed by atoms with E-state index in [1.54, 1.807) is 24.5 Å². The van der Waals surface area contributed by atoms with E-state index in [-0.39, 0.29) is 12.1 Å². The SMILES string of the molecule is COc1cccc(NC(=O)NC[C@H](c2ccsc2)N2CCOCC2)c1. The fourth-order valence-corrected chi connectivity index (χ4v) is 3.58. The zero-order valence-electron chi connectivity index (χ0n) is 14.2. The maximum atomic E-state index is 12.3.